The van der Waals surface area contributed by atoms with Crippen LogP contribution in [0.4, 0.5) is 0 Å². The van der Waals surface area contributed by atoms with E-state index in [4.69, 9.17) is 24.9 Å². The number of aromatic nitrogens is 5. The highest BCUT2D eigenvalue weighted by Crippen LogP contribution is 2.37. The van der Waals surface area contributed by atoms with E-state index in [2.05, 4.69) is 152 Å². The van der Waals surface area contributed by atoms with Crippen LogP contribution >= 0.6 is 0 Å². The van der Waals surface area contributed by atoms with Gasteiger partial charge < -0.3 is 0 Å². The molecule has 0 saturated heterocycles. The lowest BCUT2D eigenvalue weighted by atomic mass is 9.92. The topological polar surface area (TPSA) is 64.5 Å². The van der Waals surface area contributed by atoms with Crippen LogP contribution in [0.2, 0.25) is 0 Å². The average Bonchev–Trinajstić information content (AvgIpc) is 3.31. The molecule has 60 heavy (non-hydrogen) atoms. The van der Waals surface area contributed by atoms with Gasteiger partial charge in [0.1, 0.15) is 0 Å². The largest absolute Gasteiger partial charge is 0.255 e. The lowest BCUT2D eigenvalue weighted by molar-refractivity contribution is 1.07. The molecule has 0 aliphatic rings. The Balaban J connectivity index is 1.08. The van der Waals surface area contributed by atoms with Crippen LogP contribution < -0.4 is 0 Å². The number of rotatable bonds is 5. The van der Waals surface area contributed by atoms with Crippen LogP contribution in [0.5, 0.6) is 0 Å². The number of pyridine rings is 2. The molecule has 0 aliphatic heterocycles. The fourth-order valence-corrected chi connectivity index (χ4v) is 8.48. The van der Waals surface area contributed by atoms with Crippen molar-refractivity contribution in [2.24, 2.45) is 0 Å². The van der Waals surface area contributed by atoms with Gasteiger partial charge in [-0.3, -0.25) is 9.97 Å². The van der Waals surface area contributed by atoms with Crippen LogP contribution in [0, 0.1) is 0 Å². The third-order valence-corrected chi connectivity index (χ3v) is 11.6. The third kappa shape index (κ3) is 6.08. The lowest BCUT2D eigenvalue weighted by Gasteiger charge is -2.14. The Labute approximate surface area is 345 Å². The summed E-state index contributed by atoms with van der Waals surface area (Å²) in [5.74, 6) is 1.66. The van der Waals surface area contributed by atoms with Gasteiger partial charge in [0.05, 0.1) is 11.0 Å². The van der Waals surface area contributed by atoms with Crippen molar-refractivity contribution in [3.8, 4) is 56.4 Å². The molecule has 12 rings (SSSR count). The molecule has 0 spiro atoms. The highest BCUT2D eigenvalue weighted by molar-refractivity contribution is 6.02. The lowest BCUT2D eigenvalue weighted by Crippen LogP contribution is -2.01. The molecule has 0 N–H and O–H groups in total. The Kier molecular flexibility index (Phi) is 7.78. The predicted octanol–water partition coefficient (Wildman–Crippen LogP) is 13.9. The predicted molar refractivity (Wildman–Crippen MR) is 248 cm³/mol. The second-order valence-electron chi connectivity index (χ2n) is 15.5. The SMILES string of the molecule is c1ccc2cc3cc(-c4cc(-c5ccc6cc7ccccc7cc6c5)cc(-c5nc(-c6cnc7ccccc7c6)nc(-c6cnc7ccccc7c6)n5)c4)ccc3cc2c1. The Hall–Kier alpha value is -8.15. The zero-order valence-corrected chi connectivity index (χ0v) is 32.3. The van der Waals surface area contributed by atoms with E-state index in [1.165, 1.54) is 43.1 Å². The minimum atomic E-state index is 0.545. The first-order chi connectivity index (χ1) is 29.6. The molecule has 3 heterocycles. The van der Waals surface area contributed by atoms with Crippen LogP contribution in [-0.2, 0) is 0 Å². The molecule has 5 heteroatoms. The minimum absolute atomic E-state index is 0.545. The maximum Gasteiger partial charge on any atom is 0.165 e. The summed E-state index contributed by atoms with van der Waals surface area (Å²) < 4.78 is 0. The summed E-state index contributed by atoms with van der Waals surface area (Å²) in [7, 11) is 0. The zero-order valence-electron chi connectivity index (χ0n) is 32.3. The molecular weight excluding hydrogens is 731 g/mol. The average molecular weight is 764 g/mol. The number of fused-ring (bicyclic) bond motifs is 6. The van der Waals surface area contributed by atoms with Gasteiger partial charge in [-0.1, -0.05) is 109 Å². The van der Waals surface area contributed by atoms with Crippen molar-refractivity contribution in [3.05, 3.63) is 200 Å². The van der Waals surface area contributed by atoms with E-state index in [9.17, 15) is 0 Å². The van der Waals surface area contributed by atoms with Crippen molar-refractivity contribution in [2.45, 2.75) is 0 Å². The smallest absolute Gasteiger partial charge is 0.165 e. The standard InChI is InChI=1S/C55H33N5/c1-3-11-36-23-44-25-40(19-17-38(44)21-34(36)9-1)46-29-47(41-20-18-39-22-35-10-2-4-12-37(35)24-45(39)26-41)31-48(30-46)53-58-54(49-27-42-13-5-7-15-51(42)56-32-49)60-55(59-53)50-28-43-14-6-8-16-52(43)57-33-50/h1-33H. The molecule has 0 unspecified atom stereocenters. The van der Waals surface area contributed by atoms with E-state index in [1.54, 1.807) is 0 Å². The molecule has 5 nitrogen and oxygen atoms in total. The van der Waals surface area contributed by atoms with E-state index in [-0.39, 0.29) is 0 Å². The molecule has 0 bridgehead atoms. The molecule has 0 radical (unpaired) electrons. The summed E-state index contributed by atoms with van der Waals surface area (Å²) >= 11 is 0. The van der Waals surface area contributed by atoms with Crippen molar-refractivity contribution in [1.82, 2.24) is 24.9 Å². The van der Waals surface area contributed by atoms with E-state index >= 15 is 0 Å². The molecule has 278 valence electrons. The number of nitrogens with zero attached hydrogens (tertiary/aromatic N) is 5. The van der Waals surface area contributed by atoms with Gasteiger partial charge in [-0.15, -0.1) is 0 Å². The van der Waals surface area contributed by atoms with Gasteiger partial charge >= 0.3 is 0 Å². The molecule has 0 saturated carbocycles. The molecule has 0 amide bonds. The quantitative estimate of drug-likeness (QED) is 0.163. The zero-order chi connectivity index (χ0) is 39.6. The first-order valence-electron chi connectivity index (χ1n) is 20.1. The molecule has 12 aromatic rings. The molecule has 0 fully saturated rings. The second kappa shape index (κ2) is 13.8. The van der Waals surface area contributed by atoms with Gasteiger partial charge in [0.25, 0.3) is 0 Å². The highest BCUT2D eigenvalue weighted by atomic mass is 15.0. The van der Waals surface area contributed by atoms with Crippen LogP contribution in [0.25, 0.3) is 121 Å². The molecular formula is C55H33N5. The Morgan fingerprint density at radius 1 is 0.217 bits per heavy atom. The van der Waals surface area contributed by atoms with Crippen molar-refractivity contribution in [2.75, 3.05) is 0 Å². The van der Waals surface area contributed by atoms with Gasteiger partial charge in [0.15, 0.2) is 17.5 Å². The Bertz CT molecular complexity index is 3450. The fraction of sp³-hybridized carbons (Fsp3) is 0. The third-order valence-electron chi connectivity index (χ3n) is 11.6. The van der Waals surface area contributed by atoms with Crippen molar-refractivity contribution in [1.29, 1.82) is 0 Å². The summed E-state index contributed by atoms with van der Waals surface area (Å²) in [6.07, 6.45) is 3.70. The molecule has 3 aromatic heterocycles. The second-order valence-corrected chi connectivity index (χ2v) is 15.5. The van der Waals surface area contributed by atoms with Gasteiger partial charge in [-0.2, -0.15) is 0 Å². The molecule has 0 aliphatic carbocycles. The maximum atomic E-state index is 5.22. The van der Waals surface area contributed by atoms with Crippen LogP contribution in [0.1, 0.15) is 0 Å². The van der Waals surface area contributed by atoms with E-state index in [0.717, 1.165) is 60.8 Å². The number of hydrogen-bond acceptors (Lipinski definition) is 5. The fourth-order valence-electron chi connectivity index (χ4n) is 8.48. The monoisotopic (exact) mass is 763 g/mol. The highest BCUT2D eigenvalue weighted by Gasteiger charge is 2.17. The van der Waals surface area contributed by atoms with Crippen molar-refractivity contribution >= 4 is 64.9 Å². The molecule has 9 aromatic carbocycles. The van der Waals surface area contributed by atoms with E-state index < -0.39 is 0 Å². The minimum Gasteiger partial charge on any atom is -0.255 e. The number of benzene rings is 9. The Morgan fingerprint density at radius 2 is 0.550 bits per heavy atom. The number of para-hydroxylation sites is 2. The van der Waals surface area contributed by atoms with Gasteiger partial charge in [-0.05, 0) is 144 Å². The maximum absolute atomic E-state index is 5.22. The first kappa shape index (κ1) is 33.9. The summed E-state index contributed by atoms with van der Waals surface area (Å²) in [6, 6.07) is 66.8. The van der Waals surface area contributed by atoms with Gasteiger partial charge in [0.2, 0.25) is 0 Å². The summed E-state index contributed by atoms with van der Waals surface area (Å²) in [5.41, 5.74) is 8.70. The summed E-state index contributed by atoms with van der Waals surface area (Å²) in [6.45, 7) is 0. The van der Waals surface area contributed by atoms with Crippen LogP contribution in [-0.4, -0.2) is 24.9 Å². The first-order valence-corrected chi connectivity index (χ1v) is 20.1. The normalized spacial score (nSPS) is 11.7. The number of hydrogen-bond donors (Lipinski definition) is 0. The van der Waals surface area contributed by atoms with E-state index in [0.29, 0.717) is 17.5 Å². The van der Waals surface area contributed by atoms with Gasteiger partial charge in [0, 0.05) is 39.9 Å². The summed E-state index contributed by atoms with van der Waals surface area (Å²) in [4.78, 5) is 25.1. The Morgan fingerprint density at radius 3 is 1.00 bits per heavy atom. The van der Waals surface area contributed by atoms with Crippen molar-refractivity contribution < 1.29 is 0 Å². The molecule has 0 atom stereocenters. The van der Waals surface area contributed by atoms with Crippen molar-refractivity contribution in [3.63, 3.8) is 0 Å². The summed E-state index contributed by atoms with van der Waals surface area (Å²) in [5, 5.41) is 11.7. The van der Waals surface area contributed by atoms with Gasteiger partial charge in [-0.25, -0.2) is 15.0 Å². The van der Waals surface area contributed by atoms with Crippen LogP contribution in [0.3, 0.4) is 0 Å². The van der Waals surface area contributed by atoms with E-state index in [1.807, 2.05) is 48.8 Å². The van der Waals surface area contributed by atoms with Crippen LogP contribution in [0.15, 0.2) is 200 Å².